The van der Waals surface area contributed by atoms with Crippen LogP contribution in [0.2, 0.25) is 0 Å². The first-order valence-corrected chi connectivity index (χ1v) is 8.63. The minimum absolute atomic E-state index is 0.124. The number of rotatable bonds is 3. The van der Waals surface area contributed by atoms with Gasteiger partial charge in [0.1, 0.15) is 5.75 Å². The summed E-state index contributed by atoms with van der Waals surface area (Å²) in [6.07, 6.45) is 0. The van der Waals surface area contributed by atoms with Gasteiger partial charge in [-0.2, -0.15) is 10.5 Å². The number of phenols is 1. The molecule has 0 saturated carbocycles. The highest BCUT2D eigenvalue weighted by Gasteiger charge is 2.31. The molecule has 6 heteroatoms. The molecule has 0 spiro atoms. The Morgan fingerprint density at radius 1 is 1.11 bits per heavy atom. The van der Waals surface area contributed by atoms with Crippen LogP contribution in [-0.4, -0.2) is 18.1 Å². The normalized spacial score (nSPS) is 16.1. The first-order chi connectivity index (χ1) is 13.5. The van der Waals surface area contributed by atoms with Gasteiger partial charge in [0.2, 0.25) is 0 Å². The van der Waals surface area contributed by atoms with Crippen molar-refractivity contribution in [3.63, 3.8) is 0 Å². The van der Waals surface area contributed by atoms with Crippen molar-refractivity contribution in [3.8, 4) is 17.9 Å². The van der Waals surface area contributed by atoms with E-state index in [-0.39, 0.29) is 11.7 Å². The van der Waals surface area contributed by atoms with Crippen LogP contribution in [0.4, 0.5) is 0 Å². The molecule has 1 aliphatic rings. The van der Waals surface area contributed by atoms with E-state index in [1.807, 2.05) is 0 Å². The van der Waals surface area contributed by atoms with Gasteiger partial charge in [-0.05, 0) is 54.4 Å². The lowest BCUT2D eigenvalue weighted by atomic mass is 9.80. The van der Waals surface area contributed by atoms with Crippen molar-refractivity contribution in [3.05, 3.63) is 82.1 Å². The van der Waals surface area contributed by atoms with Gasteiger partial charge in [-0.1, -0.05) is 12.1 Å². The largest absolute Gasteiger partial charge is 0.508 e. The predicted octanol–water partition coefficient (Wildman–Crippen LogP) is 3.17. The highest BCUT2D eigenvalue weighted by Crippen LogP contribution is 2.40. The first kappa shape index (κ1) is 18.8. The molecule has 0 bridgehead atoms. The third-order valence-electron chi connectivity index (χ3n) is 4.67. The van der Waals surface area contributed by atoms with Gasteiger partial charge in [0.25, 0.3) is 5.91 Å². The van der Waals surface area contributed by atoms with E-state index in [0.717, 1.165) is 5.56 Å². The summed E-state index contributed by atoms with van der Waals surface area (Å²) in [4.78, 5) is 12.0. The van der Waals surface area contributed by atoms with E-state index in [4.69, 9.17) is 0 Å². The molecule has 1 atom stereocenters. The lowest BCUT2D eigenvalue weighted by Crippen LogP contribution is -2.24. The van der Waals surface area contributed by atoms with E-state index >= 15 is 0 Å². The van der Waals surface area contributed by atoms with Crippen molar-refractivity contribution in [2.45, 2.75) is 12.8 Å². The van der Waals surface area contributed by atoms with Crippen LogP contribution in [0.1, 0.15) is 34.3 Å². The SMILES string of the molecule is CNC(=O)c1cccc(C2C(C#N)=C(C)NC(c3ccc(O)cc3)=C2C#N)c1. The van der Waals surface area contributed by atoms with Crippen molar-refractivity contribution < 1.29 is 9.90 Å². The second kappa shape index (κ2) is 7.69. The molecule has 3 N–H and O–H groups in total. The molecule has 3 rings (SSSR count). The van der Waals surface area contributed by atoms with Crippen molar-refractivity contribution in [1.29, 1.82) is 10.5 Å². The Kier molecular flexibility index (Phi) is 5.15. The maximum atomic E-state index is 12.0. The Bertz CT molecular complexity index is 1080. The lowest BCUT2D eigenvalue weighted by molar-refractivity contribution is 0.0963. The first-order valence-electron chi connectivity index (χ1n) is 8.63. The van der Waals surface area contributed by atoms with Gasteiger partial charge < -0.3 is 15.7 Å². The summed E-state index contributed by atoms with van der Waals surface area (Å²) in [5.41, 5.74) is 3.88. The maximum absolute atomic E-state index is 12.0. The minimum atomic E-state index is -0.593. The summed E-state index contributed by atoms with van der Waals surface area (Å²) in [6.45, 7) is 1.78. The fraction of sp³-hybridized carbons (Fsp3) is 0.136. The lowest BCUT2D eigenvalue weighted by Gasteiger charge is -2.28. The summed E-state index contributed by atoms with van der Waals surface area (Å²) >= 11 is 0. The zero-order chi connectivity index (χ0) is 20.3. The van der Waals surface area contributed by atoms with Crippen LogP contribution in [0.3, 0.4) is 0 Å². The minimum Gasteiger partial charge on any atom is -0.508 e. The van der Waals surface area contributed by atoms with Gasteiger partial charge in [0.05, 0.1) is 34.9 Å². The van der Waals surface area contributed by atoms with E-state index in [0.29, 0.717) is 33.7 Å². The molecule has 138 valence electrons. The van der Waals surface area contributed by atoms with Gasteiger partial charge in [0.15, 0.2) is 0 Å². The number of benzene rings is 2. The number of nitrogens with one attached hydrogen (secondary N) is 2. The molecular formula is C22H18N4O2. The van der Waals surface area contributed by atoms with Crippen LogP contribution in [-0.2, 0) is 0 Å². The number of hydrogen-bond donors (Lipinski definition) is 3. The maximum Gasteiger partial charge on any atom is 0.251 e. The van der Waals surface area contributed by atoms with Crippen LogP contribution in [0.5, 0.6) is 5.75 Å². The average molecular weight is 370 g/mol. The second-order valence-electron chi connectivity index (χ2n) is 6.36. The number of amides is 1. The van der Waals surface area contributed by atoms with Crippen LogP contribution >= 0.6 is 0 Å². The van der Waals surface area contributed by atoms with Crippen molar-refractivity contribution >= 4 is 11.6 Å². The van der Waals surface area contributed by atoms with Gasteiger partial charge >= 0.3 is 0 Å². The molecule has 1 unspecified atom stereocenters. The standard InChI is InChI=1S/C22H18N4O2/c1-13-18(11-23)20(15-4-3-5-16(10-15)22(28)25-2)19(12-24)21(26-13)14-6-8-17(27)9-7-14/h3-10,20,26-27H,1-2H3,(H,25,28). The predicted molar refractivity (Wildman–Crippen MR) is 105 cm³/mol. The molecule has 1 amide bonds. The van der Waals surface area contributed by atoms with E-state index in [9.17, 15) is 20.4 Å². The second-order valence-corrected chi connectivity index (χ2v) is 6.36. The number of aromatic hydroxyl groups is 1. The number of dihydropyridines is 1. The Hall–Kier alpha value is -4.03. The number of carbonyl (C=O) groups excluding carboxylic acids is 1. The topological polar surface area (TPSA) is 109 Å². The van der Waals surface area contributed by atoms with E-state index < -0.39 is 5.92 Å². The Balaban J connectivity index is 2.21. The van der Waals surface area contributed by atoms with E-state index in [1.165, 1.54) is 0 Å². The molecule has 0 fully saturated rings. The number of hydrogen-bond acceptors (Lipinski definition) is 5. The molecule has 2 aromatic rings. The number of nitrogens with zero attached hydrogens (tertiary/aromatic N) is 2. The summed E-state index contributed by atoms with van der Waals surface area (Å²) in [6, 6.07) is 17.9. The van der Waals surface area contributed by atoms with Gasteiger partial charge in [-0.15, -0.1) is 0 Å². The molecule has 0 radical (unpaired) electrons. The van der Waals surface area contributed by atoms with Gasteiger partial charge in [-0.25, -0.2) is 0 Å². The van der Waals surface area contributed by atoms with E-state index in [1.54, 1.807) is 62.5 Å². The Labute approximate surface area is 163 Å². The Morgan fingerprint density at radius 2 is 1.79 bits per heavy atom. The molecule has 6 nitrogen and oxygen atoms in total. The fourth-order valence-electron chi connectivity index (χ4n) is 3.29. The molecule has 1 heterocycles. The number of carbonyl (C=O) groups is 1. The van der Waals surface area contributed by atoms with Crippen LogP contribution in [0.15, 0.2) is 65.4 Å². The van der Waals surface area contributed by atoms with E-state index in [2.05, 4.69) is 22.8 Å². The summed E-state index contributed by atoms with van der Waals surface area (Å²) < 4.78 is 0. The van der Waals surface area contributed by atoms with Gasteiger partial charge in [0, 0.05) is 18.3 Å². The summed E-state index contributed by atoms with van der Waals surface area (Å²) in [5.74, 6) is -0.709. The number of nitriles is 2. The van der Waals surface area contributed by atoms with Crippen LogP contribution in [0.25, 0.3) is 5.70 Å². The monoisotopic (exact) mass is 370 g/mol. The highest BCUT2D eigenvalue weighted by molar-refractivity contribution is 5.94. The number of allylic oxidation sites excluding steroid dienone is 3. The quantitative estimate of drug-likeness (QED) is 0.769. The third kappa shape index (κ3) is 3.32. The van der Waals surface area contributed by atoms with Crippen LogP contribution < -0.4 is 10.6 Å². The molecule has 0 aliphatic carbocycles. The zero-order valence-corrected chi connectivity index (χ0v) is 15.4. The highest BCUT2D eigenvalue weighted by atomic mass is 16.3. The molecule has 0 saturated heterocycles. The van der Waals surface area contributed by atoms with Crippen molar-refractivity contribution in [2.75, 3.05) is 7.05 Å². The molecule has 0 aromatic heterocycles. The third-order valence-corrected chi connectivity index (χ3v) is 4.67. The molecule has 28 heavy (non-hydrogen) atoms. The van der Waals surface area contributed by atoms with Crippen molar-refractivity contribution in [2.24, 2.45) is 0 Å². The molecule has 2 aromatic carbocycles. The van der Waals surface area contributed by atoms with Gasteiger partial charge in [-0.3, -0.25) is 4.79 Å². The van der Waals surface area contributed by atoms with Crippen molar-refractivity contribution in [1.82, 2.24) is 10.6 Å². The summed E-state index contributed by atoms with van der Waals surface area (Å²) in [7, 11) is 1.55. The summed E-state index contributed by atoms with van der Waals surface area (Å²) in [5, 5.41) is 34.9. The fourth-order valence-corrected chi connectivity index (χ4v) is 3.29. The van der Waals surface area contributed by atoms with Crippen LogP contribution in [0, 0.1) is 22.7 Å². The Morgan fingerprint density at radius 3 is 2.39 bits per heavy atom. The number of phenolic OH excluding ortho intramolecular Hbond substituents is 1. The molecular weight excluding hydrogens is 352 g/mol. The smallest absolute Gasteiger partial charge is 0.251 e. The average Bonchev–Trinajstić information content (AvgIpc) is 2.73. The zero-order valence-electron chi connectivity index (χ0n) is 15.4. The molecule has 1 aliphatic heterocycles.